The van der Waals surface area contributed by atoms with Crippen LogP contribution in [0.15, 0.2) is 0 Å². The van der Waals surface area contributed by atoms with Gasteiger partial charge in [0.05, 0.1) is 0 Å². The van der Waals surface area contributed by atoms with Crippen molar-refractivity contribution in [3.8, 4) is 0 Å². The van der Waals surface area contributed by atoms with E-state index in [2.05, 4.69) is 29.1 Å². The first kappa shape index (κ1) is 14.3. The first-order chi connectivity index (χ1) is 8.83. The lowest BCUT2D eigenvalue weighted by Gasteiger charge is -2.37. The van der Waals surface area contributed by atoms with Crippen LogP contribution in [0.5, 0.6) is 0 Å². The Morgan fingerprint density at radius 2 is 1.61 bits per heavy atom. The average Bonchev–Trinajstić information content (AvgIpc) is 2.64. The highest BCUT2D eigenvalue weighted by molar-refractivity contribution is 4.82. The molecule has 0 amide bonds. The molecule has 0 aromatic heterocycles. The molecule has 0 aromatic carbocycles. The minimum absolute atomic E-state index is 0.761. The summed E-state index contributed by atoms with van der Waals surface area (Å²) in [5.74, 6) is 0.880. The summed E-state index contributed by atoms with van der Waals surface area (Å²) in [7, 11) is 2.15. The Morgan fingerprint density at radius 3 is 2.28 bits per heavy atom. The van der Waals surface area contributed by atoms with Crippen molar-refractivity contribution in [2.75, 3.05) is 46.3 Å². The number of hydrogen-bond donors (Lipinski definition) is 1. The molecule has 0 aromatic rings. The fourth-order valence-corrected chi connectivity index (χ4v) is 3.60. The number of hydrogen-bond acceptors (Lipinski definition) is 3. The molecule has 3 heteroatoms. The first-order valence-corrected chi connectivity index (χ1v) is 7.95. The summed E-state index contributed by atoms with van der Waals surface area (Å²) in [6.45, 7) is 9.92. The molecule has 18 heavy (non-hydrogen) atoms. The molecule has 2 atom stereocenters. The van der Waals surface area contributed by atoms with E-state index < -0.39 is 0 Å². The summed E-state index contributed by atoms with van der Waals surface area (Å²) in [6.07, 6.45) is 7.12. The lowest BCUT2D eigenvalue weighted by atomic mass is 9.94. The number of likely N-dealkylation sites (N-methyl/N-ethyl adjacent to an activating group) is 1. The van der Waals surface area contributed by atoms with Crippen molar-refractivity contribution in [1.29, 1.82) is 0 Å². The van der Waals surface area contributed by atoms with Gasteiger partial charge in [-0.25, -0.2) is 0 Å². The summed E-state index contributed by atoms with van der Waals surface area (Å²) >= 11 is 0. The second-order valence-electron chi connectivity index (χ2n) is 6.03. The van der Waals surface area contributed by atoms with Crippen molar-refractivity contribution in [1.82, 2.24) is 15.1 Å². The van der Waals surface area contributed by atoms with E-state index in [1.807, 2.05) is 0 Å². The fourth-order valence-electron chi connectivity index (χ4n) is 3.60. The molecule has 0 radical (unpaired) electrons. The van der Waals surface area contributed by atoms with E-state index in [9.17, 15) is 0 Å². The molecule has 1 saturated heterocycles. The van der Waals surface area contributed by atoms with Gasteiger partial charge < -0.3 is 15.1 Å². The summed E-state index contributed by atoms with van der Waals surface area (Å²) in [6, 6.07) is 0.761. The van der Waals surface area contributed by atoms with Gasteiger partial charge in [0.15, 0.2) is 0 Å². The molecule has 2 aliphatic rings. The molecule has 106 valence electrons. The van der Waals surface area contributed by atoms with Crippen molar-refractivity contribution >= 4 is 0 Å². The molecular weight excluding hydrogens is 222 g/mol. The highest BCUT2D eigenvalue weighted by Crippen LogP contribution is 2.24. The van der Waals surface area contributed by atoms with Crippen LogP contribution in [0.1, 0.15) is 39.0 Å². The molecule has 2 rings (SSSR count). The monoisotopic (exact) mass is 253 g/mol. The van der Waals surface area contributed by atoms with Gasteiger partial charge in [0.1, 0.15) is 0 Å². The van der Waals surface area contributed by atoms with Gasteiger partial charge in [-0.15, -0.1) is 0 Å². The van der Waals surface area contributed by atoms with Gasteiger partial charge in [0, 0.05) is 38.8 Å². The molecule has 1 aliphatic carbocycles. The van der Waals surface area contributed by atoms with Gasteiger partial charge in [-0.2, -0.15) is 0 Å². The van der Waals surface area contributed by atoms with Crippen molar-refractivity contribution in [3.63, 3.8) is 0 Å². The minimum Gasteiger partial charge on any atom is -0.317 e. The van der Waals surface area contributed by atoms with Crippen LogP contribution >= 0.6 is 0 Å². The molecule has 1 N–H and O–H groups in total. The molecule has 2 fully saturated rings. The standard InChI is InChI=1S/C15H31N3/c1-3-17-9-11-18(12-10-17)13-14-7-5-4-6-8-15(14)16-2/h14-16H,3-13H2,1-2H3. The highest BCUT2D eigenvalue weighted by atomic mass is 15.3. The second kappa shape index (κ2) is 7.46. The van der Waals surface area contributed by atoms with E-state index in [4.69, 9.17) is 0 Å². The van der Waals surface area contributed by atoms with Crippen LogP contribution in [0.4, 0.5) is 0 Å². The third-order valence-electron chi connectivity index (χ3n) is 4.93. The largest absolute Gasteiger partial charge is 0.317 e. The van der Waals surface area contributed by atoms with Crippen LogP contribution in [0.25, 0.3) is 0 Å². The highest BCUT2D eigenvalue weighted by Gasteiger charge is 2.25. The lowest BCUT2D eigenvalue weighted by molar-refractivity contribution is 0.112. The molecule has 2 unspecified atom stereocenters. The Bertz CT molecular complexity index is 224. The number of rotatable bonds is 4. The van der Waals surface area contributed by atoms with E-state index >= 15 is 0 Å². The maximum atomic E-state index is 3.57. The molecule has 0 spiro atoms. The summed E-state index contributed by atoms with van der Waals surface area (Å²) in [4.78, 5) is 5.27. The molecule has 3 nitrogen and oxygen atoms in total. The fraction of sp³-hybridized carbons (Fsp3) is 1.00. The van der Waals surface area contributed by atoms with Gasteiger partial charge in [0.2, 0.25) is 0 Å². The van der Waals surface area contributed by atoms with E-state index in [-0.39, 0.29) is 0 Å². The Kier molecular flexibility index (Phi) is 5.93. The first-order valence-electron chi connectivity index (χ1n) is 7.95. The molecule has 0 bridgehead atoms. The summed E-state index contributed by atoms with van der Waals surface area (Å²) in [5.41, 5.74) is 0. The predicted molar refractivity (Wildman–Crippen MR) is 78.0 cm³/mol. The Hall–Kier alpha value is -0.120. The molecular formula is C15H31N3. The zero-order valence-electron chi connectivity index (χ0n) is 12.3. The van der Waals surface area contributed by atoms with Gasteiger partial charge in [0.25, 0.3) is 0 Å². The van der Waals surface area contributed by atoms with Gasteiger partial charge in [-0.1, -0.05) is 26.2 Å². The van der Waals surface area contributed by atoms with Crippen LogP contribution in [0.2, 0.25) is 0 Å². The van der Waals surface area contributed by atoms with E-state index in [1.54, 1.807) is 0 Å². The lowest BCUT2D eigenvalue weighted by Crippen LogP contribution is -2.49. The Balaban J connectivity index is 1.80. The quantitative estimate of drug-likeness (QED) is 0.771. The van der Waals surface area contributed by atoms with Crippen LogP contribution in [-0.2, 0) is 0 Å². The zero-order chi connectivity index (χ0) is 12.8. The third-order valence-corrected chi connectivity index (χ3v) is 4.93. The van der Waals surface area contributed by atoms with Crippen LogP contribution < -0.4 is 5.32 Å². The Labute approximate surface area is 113 Å². The van der Waals surface area contributed by atoms with Crippen molar-refractivity contribution in [2.45, 2.75) is 45.1 Å². The second-order valence-corrected chi connectivity index (χ2v) is 6.03. The zero-order valence-corrected chi connectivity index (χ0v) is 12.3. The van der Waals surface area contributed by atoms with Crippen molar-refractivity contribution in [2.24, 2.45) is 5.92 Å². The van der Waals surface area contributed by atoms with Crippen LogP contribution in [-0.4, -0.2) is 62.2 Å². The maximum absolute atomic E-state index is 3.57. The normalized spacial score (nSPS) is 32.3. The molecule has 1 saturated carbocycles. The van der Waals surface area contributed by atoms with Gasteiger partial charge in [-0.3, -0.25) is 0 Å². The number of nitrogens with zero attached hydrogens (tertiary/aromatic N) is 2. The summed E-state index contributed by atoms with van der Waals surface area (Å²) < 4.78 is 0. The van der Waals surface area contributed by atoms with E-state index in [0.29, 0.717) is 0 Å². The van der Waals surface area contributed by atoms with E-state index in [1.165, 1.54) is 71.4 Å². The van der Waals surface area contributed by atoms with Gasteiger partial charge >= 0.3 is 0 Å². The number of piperazine rings is 1. The molecule has 1 heterocycles. The van der Waals surface area contributed by atoms with E-state index in [0.717, 1.165) is 12.0 Å². The topological polar surface area (TPSA) is 18.5 Å². The van der Waals surface area contributed by atoms with Crippen LogP contribution in [0.3, 0.4) is 0 Å². The van der Waals surface area contributed by atoms with Crippen molar-refractivity contribution < 1.29 is 0 Å². The van der Waals surface area contributed by atoms with Crippen LogP contribution in [0, 0.1) is 5.92 Å². The number of nitrogens with one attached hydrogen (secondary N) is 1. The SMILES string of the molecule is CCN1CCN(CC2CCCCCC2NC)CC1. The average molecular weight is 253 g/mol. The summed E-state index contributed by atoms with van der Waals surface area (Å²) in [5, 5.41) is 3.57. The minimum atomic E-state index is 0.761. The maximum Gasteiger partial charge on any atom is 0.0110 e. The van der Waals surface area contributed by atoms with Crippen molar-refractivity contribution in [3.05, 3.63) is 0 Å². The molecule has 1 aliphatic heterocycles. The smallest absolute Gasteiger partial charge is 0.0110 e. The Morgan fingerprint density at radius 1 is 0.944 bits per heavy atom. The third kappa shape index (κ3) is 3.94. The van der Waals surface area contributed by atoms with Gasteiger partial charge in [-0.05, 0) is 32.4 Å². The predicted octanol–water partition coefficient (Wildman–Crippen LogP) is 1.79.